The Morgan fingerprint density at radius 1 is 0.674 bits per heavy atom. The molecule has 9 nitrogen and oxygen atoms in total. The van der Waals surface area contributed by atoms with E-state index in [1.807, 2.05) is 84.9 Å². The van der Waals surface area contributed by atoms with Gasteiger partial charge < -0.3 is 30.4 Å². The fourth-order valence-electron chi connectivity index (χ4n) is 6.50. The summed E-state index contributed by atoms with van der Waals surface area (Å²) >= 11 is 0. The summed E-state index contributed by atoms with van der Waals surface area (Å²) < 4.78 is 5.75. The topological polar surface area (TPSA) is 136 Å². The van der Waals surface area contributed by atoms with Gasteiger partial charge in [0.1, 0.15) is 18.7 Å². The molecule has 4 aromatic carbocycles. The van der Waals surface area contributed by atoms with Crippen LogP contribution in [0.3, 0.4) is 0 Å². The Balaban J connectivity index is 1.10. The molecule has 1 aliphatic carbocycles. The Morgan fingerprint density at radius 2 is 1.17 bits per heavy atom. The number of ether oxygens (including phenoxy) is 1. The molecule has 7 rings (SSSR count). The molecule has 2 amide bonds. The number of H-pyrrole nitrogens is 2. The molecular weight excluding hydrogens is 580 g/mol. The number of para-hydroxylation sites is 2. The molecule has 2 atom stereocenters. The number of carbonyl (C=O) groups excluding carboxylic acids is 2. The lowest BCUT2D eigenvalue weighted by molar-refractivity contribution is -0.142. The van der Waals surface area contributed by atoms with E-state index in [1.165, 1.54) is 0 Å². The summed E-state index contributed by atoms with van der Waals surface area (Å²) in [7, 11) is 0. The summed E-state index contributed by atoms with van der Waals surface area (Å²) in [6.07, 6.45) is 2.98. The highest BCUT2D eigenvalue weighted by Crippen LogP contribution is 2.44. The van der Waals surface area contributed by atoms with E-state index in [-0.39, 0.29) is 25.4 Å². The quantitative estimate of drug-likeness (QED) is 0.131. The number of aromatic amines is 2. The van der Waals surface area contributed by atoms with Crippen molar-refractivity contribution in [2.45, 2.75) is 30.8 Å². The average Bonchev–Trinajstić information content (AvgIpc) is 3.77. The molecule has 0 saturated heterocycles. The summed E-state index contributed by atoms with van der Waals surface area (Å²) in [5, 5.41) is 17.3. The molecule has 0 radical (unpaired) electrons. The van der Waals surface area contributed by atoms with Crippen LogP contribution in [0.25, 0.3) is 32.9 Å². The number of fused-ring (bicyclic) bond motifs is 5. The standard InChI is InChI=1S/C37H32N4O5/c42-35(40-34(36(43)44)18-23-20-39-32-16-8-6-10-25(23)32)33(17-22-19-38-31-15-7-5-9-24(22)31)41-37(45)46-21-30-28-13-3-1-11-26(28)27-12-2-4-14-29(27)30/h1-16,19-20,30,33-34,38-39H,17-18,21H2,(H,40,42)(H,41,45)(H,43,44)/t33-,34-/m1/s1. The molecule has 46 heavy (non-hydrogen) atoms. The Kier molecular flexibility index (Phi) is 7.72. The molecule has 0 fully saturated rings. The minimum absolute atomic E-state index is 0.0653. The van der Waals surface area contributed by atoms with Crippen molar-refractivity contribution in [3.63, 3.8) is 0 Å². The van der Waals surface area contributed by atoms with Crippen LogP contribution in [0.4, 0.5) is 4.79 Å². The number of carboxylic acid groups (broad SMARTS) is 1. The average molecular weight is 613 g/mol. The second-order valence-electron chi connectivity index (χ2n) is 11.5. The van der Waals surface area contributed by atoms with Gasteiger partial charge in [-0.3, -0.25) is 4.79 Å². The van der Waals surface area contributed by atoms with Gasteiger partial charge in [-0.25, -0.2) is 9.59 Å². The molecule has 5 N–H and O–H groups in total. The second-order valence-corrected chi connectivity index (χ2v) is 11.5. The number of benzene rings is 4. The summed E-state index contributed by atoms with van der Waals surface area (Å²) in [5.41, 5.74) is 7.70. The summed E-state index contributed by atoms with van der Waals surface area (Å²) in [6.45, 7) is 0.0829. The highest BCUT2D eigenvalue weighted by Gasteiger charge is 2.31. The van der Waals surface area contributed by atoms with Crippen molar-refractivity contribution in [1.29, 1.82) is 0 Å². The van der Waals surface area contributed by atoms with Crippen molar-refractivity contribution < 1.29 is 24.2 Å². The number of nitrogens with one attached hydrogen (secondary N) is 4. The predicted octanol–water partition coefficient (Wildman–Crippen LogP) is 5.91. The number of alkyl carbamates (subject to hydrolysis) is 1. The number of carbonyl (C=O) groups is 3. The third-order valence-corrected chi connectivity index (χ3v) is 8.76. The van der Waals surface area contributed by atoms with E-state index in [0.717, 1.165) is 55.2 Å². The molecule has 6 aromatic rings. The molecule has 0 unspecified atom stereocenters. The van der Waals surface area contributed by atoms with Gasteiger partial charge in [-0.2, -0.15) is 0 Å². The zero-order chi connectivity index (χ0) is 31.6. The van der Waals surface area contributed by atoms with Crippen LogP contribution in [0.15, 0.2) is 109 Å². The van der Waals surface area contributed by atoms with Gasteiger partial charge in [0.2, 0.25) is 5.91 Å². The van der Waals surface area contributed by atoms with Crippen molar-refractivity contribution in [2.75, 3.05) is 6.61 Å². The number of carboxylic acids is 1. The molecular formula is C37H32N4O5. The maximum Gasteiger partial charge on any atom is 0.407 e. The summed E-state index contributed by atoms with van der Waals surface area (Å²) in [4.78, 5) is 45.8. The second kappa shape index (κ2) is 12.3. The lowest BCUT2D eigenvalue weighted by Gasteiger charge is -2.22. The van der Waals surface area contributed by atoms with Crippen molar-refractivity contribution in [3.05, 3.63) is 132 Å². The highest BCUT2D eigenvalue weighted by atomic mass is 16.5. The number of aliphatic carboxylic acids is 1. The van der Waals surface area contributed by atoms with E-state index in [1.54, 1.807) is 12.4 Å². The maximum absolute atomic E-state index is 13.8. The zero-order valence-electron chi connectivity index (χ0n) is 24.8. The summed E-state index contributed by atoms with van der Waals surface area (Å²) in [6, 6.07) is 29.0. The number of rotatable bonds is 10. The van der Waals surface area contributed by atoms with Crippen molar-refractivity contribution in [1.82, 2.24) is 20.6 Å². The minimum atomic E-state index is -1.22. The van der Waals surface area contributed by atoms with Crippen LogP contribution in [0.2, 0.25) is 0 Å². The highest BCUT2D eigenvalue weighted by molar-refractivity contribution is 5.92. The van der Waals surface area contributed by atoms with Gasteiger partial charge in [0.05, 0.1) is 0 Å². The lowest BCUT2D eigenvalue weighted by atomic mass is 9.98. The van der Waals surface area contributed by atoms with Gasteiger partial charge in [0.25, 0.3) is 0 Å². The SMILES string of the molecule is O=C(N[C@H](Cc1c[nH]c2ccccc12)C(=O)N[C@H](Cc1c[nH]c2ccccc12)C(=O)O)OCC1c2ccccc2-c2ccccc21. The Morgan fingerprint density at radius 3 is 1.74 bits per heavy atom. The third kappa shape index (κ3) is 5.59. The predicted molar refractivity (Wildman–Crippen MR) is 176 cm³/mol. The zero-order valence-corrected chi connectivity index (χ0v) is 24.8. The van der Waals surface area contributed by atoms with Gasteiger partial charge in [-0.05, 0) is 45.5 Å². The van der Waals surface area contributed by atoms with Crippen molar-refractivity contribution >= 4 is 39.8 Å². The van der Waals surface area contributed by atoms with Gasteiger partial charge >= 0.3 is 12.1 Å². The molecule has 230 valence electrons. The van der Waals surface area contributed by atoms with Crippen LogP contribution in [-0.2, 0) is 27.2 Å². The Bertz CT molecular complexity index is 2030. The van der Waals surface area contributed by atoms with E-state index in [9.17, 15) is 19.5 Å². The molecule has 2 aromatic heterocycles. The molecule has 2 heterocycles. The fourth-order valence-corrected chi connectivity index (χ4v) is 6.50. The number of hydrogen-bond acceptors (Lipinski definition) is 4. The normalized spacial score (nSPS) is 13.6. The molecule has 0 aliphatic heterocycles. The van der Waals surface area contributed by atoms with Crippen LogP contribution >= 0.6 is 0 Å². The van der Waals surface area contributed by atoms with Crippen LogP contribution in [-0.4, -0.2) is 51.7 Å². The minimum Gasteiger partial charge on any atom is -0.480 e. The van der Waals surface area contributed by atoms with Gasteiger partial charge in [-0.15, -0.1) is 0 Å². The smallest absolute Gasteiger partial charge is 0.407 e. The van der Waals surface area contributed by atoms with E-state index in [4.69, 9.17) is 4.74 Å². The van der Waals surface area contributed by atoms with Crippen LogP contribution in [0.1, 0.15) is 28.2 Å². The first kappa shape index (κ1) is 28.9. The number of amides is 2. The van der Waals surface area contributed by atoms with Crippen LogP contribution in [0, 0.1) is 0 Å². The largest absolute Gasteiger partial charge is 0.480 e. The van der Waals surface area contributed by atoms with Gasteiger partial charge in [0, 0.05) is 53.0 Å². The molecule has 0 saturated carbocycles. The Hall–Kier alpha value is -5.83. The first-order chi connectivity index (χ1) is 22.5. The maximum atomic E-state index is 13.8. The summed E-state index contributed by atoms with van der Waals surface area (Å²) in [5.74, 6) is -1.94. The fraction of sp³-hybridized carbons (Fsp3) is 0.162. The van der Waals surface area contributed by atoms with E-state index in [2.05, 4.69) is 32.7 Å². The van der Waals surface area contributed by atoms with E-state index >= 15 is 0 Å². The van der Waals surface area contributed by atoms with Crippen molar-refractivity contribution in [3.8, 4) is 11.1 Å². The number of hydrogen-bond donors (Lipinski definition) is 5. The molecule has 0 spiro atoms. The number of aromatic nitrogens is 2. The van der Waals surface area contributed by atoms with Gasteiger partial charge in [-0.1, -0.05) is 84.9 Å². The molecule has 1 aliphatic rings. The first-order valence-corrected chi connectivity index (χ1v) is 15.2. The van der Waals surface area contributed by atoms with Crippen molar-refractivity contribution in [2.24, 2.45) is 0 Å². The molecule has 9 heteroatoms. The van der Waals surface area contributed by atoms with Gasteiger partial charge in [0.15, 0.2) is 0 Å². The monoisotopic (exact) mass is 612 g/mol. The lowest BCUT2D eigenvalue weighted by Crippen LogP contribution is -2.53. The third-order valence-electron chi connectivity index (χ3n) is 8.76. The van der Waals surface area contributed by atoms with Crippen LogP contribution in [0.5, 0.6) is 0 Å². The van der Waals surface area contributed by atoms with Crippen LogP contribution < -0.4 is 10.6 Å². The van der Waals surface area contributed by atoms with E-state index in [0.29, 0.717) is 0 Å². The first-order valence-electron chi connectivity index (χ1n) is 15.2. The van der Waals surface area contributed by atoms with E-state index < -0.39 is 30.1 Å². The molecule has 0 bridgehead atoms. The Labute approximate surface area is 264 Å².